The molecule has 26 heavy (non-hydrogen) atoms. The van der Waals surface area contributed by atoms with Crippen LogP contribution in [0.1, 0.15) is 5.56 Å². The lowest BCUT2D eigenvalue weighted by molar-refractivity contribution is 0.585. The summed E-state index contributed by atoms with van der Waals surface area (Å²) in [7, 11) is 0. The lowest BCUT2D eigenvalue weighted by Gasteiger charge is -2.11. The zero-order chi connectivity index (χ0) is 18.1. The first-order valence-corrected chi connectivity index (χ1v) is 7.97. The van der Waals surface area contributed by atoms with Crippen LogP contribution in [0.15, 0.2) is 71.8 Å². The fourth-order valence-electron chi connectivity index (χ4n) is 2.84. The van der Waals surface area contributed by atoms with Gasteiger partial charge in [0, 0.05) is 18.2 Å². The molecule has 0 radical (unpaired) electrons. The highest BCUT2D eigenvalue weighted by molar-refractivity contribution is 5.77. The molecule has 0 fully saturated rings. The van der Waals surface area contributed by atoms with Crippen LogP contribution in [0, 0.1) is 11.6 Å². The molecule has 0 aliphatic carbocycles. The highest BCUT2D eigenvalue weighted by atomic mass is 19.1. The summed E-state index contributed by atoms with van der Waals surface area (Å²) in [6.45, 7) is 0.524. The third-order valence-corrected chi connectivity index (χ3v) is 4.10. The van der Waals surface area contributed by atoms with Crippen LogP contribution in [0.3, 0.4) is 0 Å². The Morgan fingerprint density at radius 3 is 2.54 bits per heavy atom. The van der Waals surface area contributed by atoms with Crippen LogP contribution in [-0.2, 0) is 6.54 Å². The van der Waals surface area contributed by atoms with Crippen LogP contribution < -0.4 is 5.56 Å². The Kier molecular flexibility index (Phi) is 4.01. The molecule has 0 spiro atoms. The van der Waals surface area contributed by atoms with Gasteiger partial charge in [-0.15, -0.1) is 0 Å². The van der Waals surface area contributed by atoms with Gasteiger partial charge in [-0.1, -0.05) is 30.3 Å². The maximum atomic E-state index is 14.0. The van der Waals surface area contributed by atoms with Crippen LogP contribution in [0.2, 0.25) is 0 Å². The van der Waals surface area contributed by atoms with E-state index in [0.29, 0.717) is 12.1 Å². The third-order valence-electron chi connectivity index (χ3n) is 4.10. The number of nitrogens with zero attached hydrogens (tertiary/aromatic N) is 3. The number of hydrogen-bond acceptors (Lipinski definition) is 3. The van der Waals surface area contributed by atoms with Crippen LogP contribution in [0.4, 0.5) is 8.78 Å². The average Bonchev–Trinajstić information content (AvgIpc) is 2.65. The molecule has 2 aromatic carbocycles. The lowest BCUT2D eigenvalue weighted by Crippen LogP contribution is -2.14. The van der Waals surface area contributed by atoms with Gasteiger partial charge < -0.3 is 4.57 Å². The summed E-state index contributed by atoms with van der Waals surface area (Å²) in [5.74, 6) is -1.40. The van der Waals surface area contributed by atoms with Gasteiger partial charge in [0.15, 0.2) is 5.52 Å². The van der Waals surface area contributed by atoms with Crippen molar-refractivity contribution in [3.63, 3.8) is 0 Å². The molecule has 128 valence electrons. The van der Waals surface area contributed by atoms with Crippen molar-refractivity contribution in [2.24, 2.45) is 0 Å². The molecule has 4 aromatic rings. The first-order chi connectivity index (χ1) is 12.6. The van der Waals surface area contributed by atoms with E-state index < -0.39 is 17.2 Å². The summed E-state index contributed by atoms with van der Waals surface area (Å²) in [5, 5.41) is 0. The van der Waals surface area contributed by atoms with Crippen LogP contribution in [0.5, 0.6) is 0 Å². The van der Waals surface area contributed by atoms with Crippen LogP contribution in [-0.4, -0.2) is 14.5 Å². The molecule has 6 heteroatoms. The number of aromatic nitrogens is 3. The molecule has 4 nitrogen and oxygen atoms in total. The molecule has 0 unspecified atom stereocenters. The summed E-state index contributed by atoms with van der Waals surface area (Å²) >= 11 is 0. The van der Waals surface area contributed by atoms with Gasteiger partial charge in [-0.05, 0) is 29.8 Å². The quantitative estimate of drug-likeness (QED) is 0.565. The van der Waals surface area contributed by atoms with Gasteiger partial charge in [0.05, 0.1) is 17.5 Å². The fraction of sp³-hybridized carbons (Fsp3) is 0.0500. The summed E-state index contributed by atoms with van der Waals surface area (Å²) in [4.78, 5) is 20.3. The van der Waals surface area contributed by atoms with Crippen molar-refractivity contribution >= 4 is 11.0 Å². The van der Waals surface area contributed by atoms with Gasteiger partial charge in [-0.2, -0.15) is 4.98 Å². The zero-order valence-electron chi connectivity index (χ0n) is 13.6. The highest BCUT2D eigenvalue weighted by Gasteiger charge is 2.12. The predicted octanol–water partition coefficient (Wildman–Crippen LogP) is 3.79. The molecule has 0 aliphatic heterocycles. The van der Waals surface area contributed by atoms with E-state index in [1.807, 2.05) is 34.9 Å². The molecular weight excluding hydrogens is 336 g/mol. The van der Waals surface area contributed by atoms with Crippen molar-refractivity contribution in [2.75, 3.05) is 0 Å². The topological polar surface area (TPSA) is 47.8 Å². The average molecular weight is 349 g/mol. The van der Waals surface area contributed by atoms with Crippen LogP contribution in [0.25, 0.3) is 22.3 Å². The van der Waals surface area contributed by atoms with E-state index in [-0.39, 0.29) is 16.8 Å². The highest BCUT2D eigenvalue weighted by Crippen LogP contribution is 2.23. The Morgan fingerprint density at radius 2 is 1.77 bits per heavy atom. The molecule has 2 aromatic heterocycles. The largest absolute Gasteiger partial charge is 0.326 e. The fourth-order valence-corrected chi connectivity index (χ4v) is 2.84. The third kappa shape index (κ3) is 2.97. The van der Waals surface area contributed by atoms with Gasteiger partial charge in [-0.3, -0.25) is 4.79 Å². The van der Waals surface area contributed by atoms with Crippen molar-refractivity contribution in [1.82, 2.24) is 14.5 Å². The second-order valence-corrected chi connectivity index (χ2v) is 5.85. The smallest absolute Gasteiger partial charge is 0.299 e. The van der Waals surface area contributed by atoms with E-state index >= 15 is 0 Å². The second kappa shape index (κ2) is 6.48. The maximum absolute atomic E-state index is 14.0. The van der Waals surface area contributed by atoms with E-state index in [1.54, 1.807) is 12.1 Å². The van der Waals surface area contributed by atoms with Crippen molar-refractivity contribution < 1.29 is 8.78 Å². The zero-order valence-corrected chi connectivity index (χ0v) is 13.6. The summed E-state index contributed by atoms with van der Waals surface area (Å²) in [6, 6.07) is 16.3. The first kappa shape index (κ1) is 16.1. The molecule has 0 N–H and O–H groups in total. The number of halogens is 2. The number of pyridine rings is 1. The van der Waals surface area contributed by atoms with Crippen molar-refractivity contribution in [2.45, 2.75) is 6.54 Å². The van der Waals surface area contributed by atoms with Crippen molar-refractivity contribution in [3.8, 4) is 11.3 Å². The van der Waals surface area contributed by atoms with Crippen LogP contribution >= 0.6 is 0 Å². The second-order valence-electron chi connectivity index (χ2n) is 5.85. The van der Waals surface area contributed by atoms with Gasteiger partial charge in [0.2, 0.25) is 0 Å². The molecule has 0 aliphatic rings. The molecule has 4 rings (SSSR count). The monoisotopic (exact) mass is 349 g/mol. The van der Waals surface area contributed by atoms with E-state index in [2.05, 4.69) is 9.97 Å². The maximum Gasteiger partial charge on any atom is 0.299 e. The minimum atomic E-state index is -0.731. The summed E-state index contributed by atoms with van der Waals surface area (Å²) in [5.41, 5.74) is 1.68. The molecule has 0 atom stereocenters. The number of rotatable bonds is 3. The molecule has 2 heterocycles. The predicted molar refractivity (Wildman–Crippen MR) is 94.7 cm³/mol. The molecule has 0 bridgehead atoms. The number of hydrogen-bond donors (Lipinski definition) is 0. The van der Waals surface area contributed by atoms with Gasteiger partial charge in [-0.25, -0.2) is 13.8 Å². The van der Waals surface area contributed by atoms with E-state index in [4.69, 9.17) is 0 Å². The Balaban J connectivity index is 1.84. The Morgan fingerprint density at radius 1 is 0.962 bits per heavy atom. The standard InChI is InChI=1S/C20H13F2N3O/c21-14-6-7-15(16(22)10-14)17-8-9-18-19(24-17)20(26)23-12-25(18)11-13-4-2-1-3-5-13/h1-10,12H,11H2. The summed E-state index contributed by atoms with van der Waals surface area (Å²) < 4.78 is 29.0. The Bertz CT molecular complexity index is 1160. The van der Waals surface area contributed by atoms with Gasteiger partial charge in [0.1, 0.15) is 11.6 Å². The minimum Gasteiger partial charge on any atom is -0.326 e. The SMILES string of the molecule is O=c1ncn(Cc2ccccc2)c2ccc(-c3ccc(F)cc3F)nc12. The first-order valence-electron chi connectivity index (χ1n) is 7.97. The van der Waals surface area contributed by atoms with E-state index in [9.17, 15) is 13.6 Å². The lowest BCUT2D eigenvalue weighted by atomic mass is 10.1. The van der Waals surface area contributed by atoms with Crippen molar-refractivity contribution in [3.05, 3.63) is 94.5 Å². The number of fused-ring (bicyclic) bond motifs is 1. The normalized spacial score (nSPS) is 11.0. The van der Waals surface area contributed by atoms with E-state index in [0.717, 1.165) is 17.7 Å². The van der Waals surface area contributed by atoms with E-state index in [1.165, 1.54) is 12.4 Å². The number of benzene rings is 2. The van der Waals surface area contributed by atoms with Gasteiger partial charge >= 0.3 is 0 Å². The van der Waals surface area contributed by atoms with Gasteiger partial charge in [0.25, 0.3) is 5.56 Å². The minimum absolute atomic E-state index is 0.131. The molecule has 0 saturated heterocycles. The Hall–Kier alpha value is -3.41. The Labute approximate surface area is 147 Å². The molecule has 0 amide bonds. The summed E-state index contributed by atoms with van der Waals surface area (Å²) in [6.07, 6.45) is 1.47. The molecular formula is C20H13F2N3O. The molecule has 0 saturated carbocycles. The van der Waals surface area contributed by atoms with Crippen molar-refractivity contribution in [1.29, 1.82) is 0 Å².